The molecule has 0 bridgehead atoms. The van der Waals surface area contributed by atoms with Crippen LogP contribution in [0.15, 0.2) is 30.3 Å². The van der Waals surface area contributed by atoms with Crippen LogP contribution in [0, 0.1) is 0 Å². The van der Waals surface area contributed by atoms with Crippen LogP contribution in [-0.2, 0) is 16.0 Å². The highest BCUT2D eigenvalue weighted by Gasteiger charge is 2.27. The Labute approximate surface area is 171 Å². The van der Waals surface area contributed by atoms with Gasteiger partial charge in [0, 0.05) is 46.6 Å². The van der Waals surface area contributed by atoms with E-state index in [9.17, 15) is 9.59 Å². The van der Waals surface area contributed by atoms with E-state index >= 15 is 0 Å². The van der Waals surface area contributed by atoms with Crippen LogP contribution in [0.2, 0.25) is 0 Å². The highest BCUT2D eigenvalue weighted by Crippen LogP contribution is 2.26. The van der Waals surface area contributed by atoms with E-state index in [1.165, 1.54) is 6.92 Å². The second kappa shape index (κ2) is 9.54. The smallest absolute Gasteiger partial charge is 0.244 e. The zero-order valence-electron chi connectivity index (χ0n) is 17.5. The lowest BCUT2D eigenvalue weighted by Crippen LogP contribution is -2.45. The van der Waals surface area contributed by atoms with Crippen LogP contribution in [0.5, 0.6) is 0 Å². The van der Waals surface area contributed by atoms with Crippen molar-refractivity contribution in [1.82, 2.24) is 25.0 Å². The number of aromatic amines is 1. The summed E-state index contributed by atoms with van der Waals surface area (Å²) in [4.78, 5) is 34.7. The van der Waals surface area contributed by atoms with E-state index < -0.39 is 0 Å². The molecule has 3 rings (SSSR count). The first kappa shape index (κ1) is 20.8. The van der Waals surface area contributed by atoms with Crippen LogP contribution >= 0.6 is 0 Å². The maximum absolute atomic E-state index is 12.8. The summed E-state index contributed by atoms with van der Waals surface area (Å²) >= 11 is 0. The van der Waals surface area contributed by atoms with Crippen molar-refractivity contribution in [3.05, 3.63) is 41.7 Å². The van der Waals surface area contributed by atoms with Crippen LogP contribution in [-0.4, -0.2) is 77.1 Å². The van der Waals surface area contributed by atoms with Crippen molar-refractivity contribution >= 4 is 17.8 Å². The Hall–Kier alpha value is -2.90. The van der Waals surface area contributed by atoms with Gasteiger partial charge in [-0.25, -0.2) is 0 Å². The minimum Gasteiger partial charge on any atom is -0.346 e. The van der Waals surface area contributed by atoms with Gasteiger partial charge in [-0.1, -0.05) is 30.3 Å². The lowest BCUT2D eigenvalue weighted by Gasteiger charge is -2.32. The molecule has 8 heteroatoms. The molecular weight excluding hydrogens is 368 g/mol. The van der Waals surface area contributed by atoms with Crippen LogP contribution in [0.4, 0.5) is 5.95 Å². The second-order valence-electron chi connectivity index (χ2n) is 7.75. The number of aromatic nitrogens is 3. The molecule has 0 unspecified atom stereocenters. The number of H-pyrrole nitrogens is 1. The molecule has 1 aliphatic heterocycles. The van der Waals surface area contributed by atoms with E-state index in [1.807, 2.05) is 54.2 Å². The fourth-order valence-corrected chi connectivity index (χ4v) is 3.57. The predicted octanol–water partition coefficient (Wildman–Crippen LogP) is 1.67. The first-order valence-corrected chi connectivity index (χ1v) is 10.1. The Balaban J connectivity index is 1.50. The number of piperidine rings is 1. The average Bonchev–Trinajstić information content (AvgIpc) is 3.22. The Bertz CT molecular complexity index is 812. The molecule has 1 aromatic heterocycles. The Morgan fingerprint density at radius 3 is 2.45 bits per heavy atom. The van der Waals surface area contributed by atoms with Gasteiger partial charge in [0.15, 0.2) is 0 Å². The van der Waals surface area contributed by atoms with Gasteiger partial charge in [-0.05, 0) is 24.8 Å². The van der Waals surface area contributed by atoms with Gasteiger partial charge in [0.1, 0.15) is 5.82 Å². The van der Waals surface area contributed by atoms with Gasteiger partial charge in [-0.3, -0.25) is 14.7 Å². The molecule has 156 valence electrons. The molecule has 1 N–H and O–H groups in total. The molecule has 8 nitrogen and oxygen atoms in total. The minimum atomic E-state index is -0.0676. The molecule has 2 amide bonds. The van der Waals surface area contributed by atoms with E-state index in [0.717, 1.165) is 30.7 Å². The summed E-state index contributed by atoms with van der Waals surface area (Å²) in [5, 5.41) is 7.24. The number of carbonyl (C=O) groups excluding carboxylic acids is 2. The number of nitrogens with one attached hydrogen (secondary N) is 1. The van der Waals surface area contributed by atoms with E-state index in [1.54, 1.807) is 4.90 Å². The monoisotopic (exact) mass is 398 g/mol. The highest BCUT2D eigenvalue weighted by molar-refractivity contribution is 5.84. The summed E-state index contributed by atoms with van der Waals surface area (Å²) in [6.07, 6.45) is 2.44. The molecule has 1 aliphatic rings. The van der Waals surface area contributed by atoms with Crippen molar-refractivity contribution in [2.75, 3.05) is 45.2 Å². The van der Waals surface area contributed by atoms with Crippen molar-refractivity contribution in [3.63, 3.8) is 0 Å². The SMILES string of the molecule is CC(=O)N(CCc1ccccc1)CC(=O)N1CCC(c2nc(N(C)C)n[nH]2)CC1. The number of anilines is 1. The summed E-state index contributed by atoms with van der Waals surface area (Å²) in [6, 6.07) is 10.0. The molecule has 1 saturated heterocycles. The Morgan fingerprint density at radius 2 is 1.86 bits per heavy atom. The minimum absolute atomic E-state index is 0.0123. The van der Waals surface area contributed by atoms with Gasteiger partial charge < -0.3 is 14.7 Å². The number of carbonyl (C=O) groups is 2. The van der Waals surface area contributed by atoms with Gasteiger partial charge in [-0.15, -0.1) is 5.10 Å². The predicted molar refractivity (Wildman–Crippen MR) is 112 cm³/mol. The van der Waals surface area contributed by atoms with Crippen molar-refractivity contribution in [1.29, 1.82) is 0 Å². The Kier molecular flexibility index (Phi) is 6.85. The zero-order chi connectivity index (χ0) is 20.8. The number of hydrogen-bond acceptors (Lipinski definition) is 5. The fourth-order valence-electron chi connectivity index (χ4n) is 3.57. The summed E-state index contributed by atoms with van der Waals surface area (Å²) in [6.45, 7) is 3.56. The molecular formula is C21H30N6O2. The Morgan fingerprint density at radius 1 is 1.17 bits per heavy atom. The second-order valence-corrected chi connectivity index (χ2v) is 7.75. The number of hydrogen-bond donors (Lipinski definition) is 1. The maximum Gasteiger partial charge on any atom is 0.244 e. The summed E-state index contributed by atoms with van der Waals surface area (Å²) in [5.74, 6) is 1.78. The lowest BCUT2D eigenvalue weighted by molar-refractivity contribution is -0.140. The molecule has 2 heterocycles. The number of likely N-dealkylation sites (tertiary alicyclic amines) is 1. The summed E-state index contributed by atoms with van der Waals surface area (Å²) in [7, 11) is 3.82. The molecule has 29 heavy (non-hydrogen) atoms. The zero-order valence-corrected chi connectivity index (χ0v) is 17.5. The molecule has 1 fully saturated rings. The molecule has 0 saturated carbocycles. The van der Waals surface area contributed by atoms with Crippen LogP contribution < -0.4 is 4.90 Å². The number of benzene rings is 1. The third kappa shape index (κ3) is 5.56. The van der Waals surface area contributed by atoms with Gasteiger partial charge in [-0.2, -0.15) is 4.98 Å². The van der Waals surface area contributed by atoms with E-state index in [-0.39, 0.29) is 24.3 Å². The van der Waals surface area contributed by atoms with Crippen LogP contribution in [0.25, 0.3) is 0 Å². The molecule has 0 atom stereocenters. The average molecular weight is 399 g/mol. The van der Waals surface area contributed by atoms with Gasteiger partial charge >= 0.3 is 0 Å². The molecule has 0 radical (unpaired) electrons. The molecule has 1 aromatic carbocycles. The van der Waals surface area contributed by atoms with Gasteiger partial charge in [0.25, 0.3) is 0 Å². The van der Waals surface area contributed by atoms with Crippen LogP contribution in [0.1, 0.15) is 37.1 Å². The van der Waals surface area contributed by atoms with E-state index in [0.29, 0.717) is 25.6 Å². The highest BCUT2D eigenvalue weighted by atomic mass is 16.2. The lowest BCUT2D eigenvalue weighted by atomic mass is 9.96. The topological polar surface area (TPSA) is 85.4 Å². The van der Waals surface area contributed by atoms with Crippen molar-refractivity contribution in [2.24, 2.45) is 0 Å². The number of amides is 2. The molecule has 2 aromatic rings. The third-order valence-corrected chi connectivity index (χ3v) is 5.41. The van der Waals surface area contributed by atoms with Crippen LogP contribution in [0.3, 0.4) is 0 Å². The largest absolute Gasteiger partial charge is 0.346 e. The first-order chi connectivity index (χ1) is 13.9. The first-order valence-electron chi connectivity index (χ1n) is 10.1. The standard InChI is InChI=1S/C21H30N6O2/c1-16(28)27(12-9-17-7-5-4-6-8-17)15-19(29)26-13-10-18(11-14-26)20-22-21(24-23-20)25(2)3/h4-8,18H,9-15H2,1-3H3,(H,22,23,24). The number of nitrogens with zero attached hydrogens (tertiary/aromatic N) is 5. The maximum atomic E-state index is 12.8. The summed E-state index contributed by atoms with van der Waals surface area (Å²) in [5.41, 5.74) is 1.16. The van der Waals surface area contributed by atoms with Crippen molar-refractivity contribution in [3.8, 4) is 0 Å². The van der Waals surface area contributed by atoms with Crippen molar-refractivity contribution in [2.45, 2.75) is 32.1 Å². The molecule has 0 aliphatic carbocycles. The third-order valence-electron chi connectivity index (χ3n) is 5.41. The summed E-state index contributed by atoms with van der Waals surface area (Å²) < 4.78 is 0. The number of rotatable bonds is 7. The molecule has 0 spiro atoms. The van der Waals surface area contributed by atoms with E-state index in [4.69, 9.17) is 0 Å². The normalized spacial score (nSPS) is 14.7. The van der Waals surface area contributed by atoms with Crippen molar-refractivity contribution < 1.29 is 9.59 Å². The fraction of sp³-hybridized carbons (Fsp3) is 0.524. The van der Waals surface area contributed by atoms with E-state index in [2.05, 4.69) is 15.2 Å². The quantitative estimate of drug-likeness (QED) is 0.767. The van der Waals surface area contributed by atoms with Gasteiger partial charge in [0.05, 0.1) is 6.54 Å². The van der Waals surface area contributed by atoms with Gasteiger partial charge in [0.2, 0.25) is 17.8 Å².